The maximum absolute atomic E-state index is 12.5. The van der Waals surface area contributed by atoms with Gasteiger partial charge in [0.1, 0.15) is 0 Å². The van der Waals surface area contributed by atoms with E-state index in [2.05, 4.69) is 10.0 Å². The lowest BCUT2D eigenvalue weighted by Gasteiger charge is -2.14. The molecule has 0 unspecified atom stereocenters. The van der Waals surface area contributed by atoms with Crippen LogP contribution in [-0.4, -0.2) is 42.3 Å². The van der Waals surface area contributed by atoms with Crippen molar-refractivity contribution in [3.8, 4) is 0 Å². The van der Waals surface area contributed by atoms with Crippen molar-refractivity contribution in [1.29, 1.82) is 0 Å². The third kappa shape index (κ3) is 4.06. The van der Waals surface area contributed by atoms with Gasteiger partial charge < -0.3 is 5.32 Å². The zero-order valence-corrected chi connectivity index (χ0v) is 16.2. The quantitative estimate of drug-likeness (QED) is 0.772. The van der Waals surface area contributed by atoms with E-state index in [1.165, 1.54) is 38.4 Å². The highest BCUT2D eigenvalue weighted by atomic mass is 35.5. The lowest BCUT2D eigenvalue weighted by molar-refractivity contribution is 0.520. The summed E-state index contributed by atoms with van der Waals surface area (Å²) in [6.45, 7) is 0. The minimum atomic E-state index is -3.90. The Hall–Kier alpha value is -1.81. The van der Waals surface area contributed by atoms with Gasteiger partial charge in [0.05, 0.1) is 26.2 Å². The fraction of sp³-hybridized carbons (Fsp3) is 0.200. The molecule has 0 aromatic heterocycles. The summed E-state index contributed by atoms with van der Waals surface area (Å²) in [6, 6.07) is 9.80. The molecular weight excluding hydrogens is 386 g/mol. The zero-order chi connectivity index (χ0) is 18.8. The van der Waals surface area contributed by atoms with E-state index in [1.54, 1.807) is 25.2 Å². The summed E-state index contributed by atoms with van der Waals surface area (Å²) in [4.78, 5) is -0.0534. The Kier molecular flexibility index (Phi) is 5.62. The Labute approximate surface area is 152 Å². The van der Waals surface area contributed by atoms with Crippen molar-refractivity contribution in [2.75, 3.05) is 31.2 Å². The van der Waals surface area contributed by atoms with Gasteiger partial charge >= 0.3 is 0 Å². The van der Waals surface area contributed by atoms with Gasteiger partial charge in [-0.25, -0.2) is 21.1 Å². The number of hydrogen-bond donors (Lipinski definition) is 2. The fourth-order valence-corrected chi connectivity index (χ4v) is 4.31. The SMILES string of the molecule is CNc1c(Cl)cccc1NS(=O)(=O)c1ccc(S(=O)(=O)N(C)C)cc1. The van der Waals surface area contributed by atoms with E-state index in [-0.39, 0.29) is 9.79 Å². The van der Waals surface area contributed by atoms with Gasteiger partial charge in [-0.15, -0.1) is 0 Å². The van der Waals surface area contributed by atoms with Crippen molar-refractivity contribution in [2.45, 2.75) is 9.79 Å². The van der Waals surface area contributed by atoms with Gasteiger partial charge in [0.25, 0.3) is 10.0 Å². The van der Waals surface area contributed by atoms with Crippen molar-refractivity contribution >= 4 is 43.0 Å². The average Bonchev–Trinajstić information content (AvgIpc) is 2.54. The molecule has 0 saturated carbocycles. The van der Waals surface area contributed by atoms with Gasteiger partial charge in [-0.05, 0) is 36.4 Å². The van der Waals surface area contributed by atoms with Crippen molar-refractivity contribution in [2.24, 2.45) is 0 Å². The molecule has 2 aromatic carbocycles. The first kappa shape index (κ1) is 19.5. The number of rotatable bonds is 6. The molecule has 0 spiro atoms. The van der Waals surface area contributed by atoms with Crippen LogP contribution in [0.1, 0.15) is 0 Å². The van der Waals surface area contributed by atoms with Crippen LogP contribution in [0.4, 0.5) is 11.4 Å². The lowest BCUT2D eigenvalue weighted by Crippen LogP contribution is -2.22. The number of nitrogens with one attached hydrogen (secondary N) is 2. The van der Waals surface area contributed by atoms with Gasteiger partial charge in [-0.1, -0.05) is 17.7 Å². The molecule has 0 aliphatic carbocycles. The van der Waals surface area contributed by atoms with E-state index in [9.17, 15) is 16.8 Å². The number of benzene rings is 2. The minimum absolute atomic E-state index is 0.00937. The summed E-state index contributed by atoms with van der Waals surface area (Å²) in [6.07, 6.45) is 0. The van der Waals surface area contributed by atoms with Crippen LogP contribution in [0.3, 0.4) is 0 Å². The molecule has 10 heteroatoms. The number of anilines is 2. The highest BCUT2D eigenvalue weighted by Crippen LogP contribution is 2.31. The molecule has 2 rings (SSSR count). The third-order valence-electron chi connectivity index (χ3n) is 3.42. The van der Waals surface area contributed by atoms with Crippen LogP contribution in [0.5, 0.6) is 0 Å². The van der Waals surface area contributed by atoms with Gasteiger partial charge in [0.15, 0.2) is 0 Å². The summed E-state index contributed by atoms with van der Waals surface area (Å²) in [5.41, 5.74) is 0.736. The Morgan fingerprint density at radius 2 is 1.48 bits per heavy atom. The number of sulfonamides is 2. The Bertz CT molecular complexity index is 972. The average molecular weight is 404 g/mol. The summed E-state index contributed by atoms with van der Waals surface area (Å²) in [7, 11) is -3.10. The first-order valence-corrected chi connectivity index (χ1v) is 10.4. The summed E-state index contributed by atoms with van der Waals surface area (Å²) < 4.78 is 52.7. The molecule has 2 aromatic rings. The van der Waals surface area contributed by atoms with Crippen LogP contribution in [0.25, 0.3) is 0 Å². The number of hydrogen-bond acceptors (Lipinski definition) is 5. The molecule has 25 heavy (non-hydrogen) atoms. The van der Waals surface area contributed by atoms with Crippen molar-refractivity contribution in [3.05, 3.63) is 47.5 Å². The number of para-hydroxylation sites is 1. The van der Waals surface area contributed by atoms with Crippen LogP contribution < -0.4 is 10.0 Å². The van der Waals surface area contributed by atoms with Gasteiger partial charge in [-0.3, -0.25) is 4.72 Å². The molecule has 0 saturated heterocycles. The largest absolute Gasteiger partial charge is 0.385 e. The topological polar surface area (TPSA) is 95.6 Å². The van der Waals surface area contributed by atoms with Crippen molar-refractivity contribution in [1.82, 2.24) is 4.31 Å². The van der Waals surface area contributed by atoms with Crippen molar-refractivity contribution in [3.63, 3.8) is 0 Å². The molecule has 7 nitrogen and oxygen atoms in total. The number of nitrogens with zero attached hydrogens (tertiary/aromatic N) is 1. The van der Waals surface area contributed by atoms with Crippen LogP contribution in [-0.2, 0) is 20.0 Å². The van der Waals surface area contributed by atoms with Crippen LogP contribution in [0.15, 0.2) is 52.3 Å². The van der Waals surface area contributed by atoms with E-state index in [1.807, 2.05) is 0 Å². The van der Waals surface area contributed by atoms with Crippen LogP contribution in [0, 0.1) is 0 Å². The van der Waals surface area contributed by atoms with Crippen LogP contribution in [0.2, 0.25) is 5.02 Å². The maximum Gasteiger partial charge on any atom is 0.261 e. The molecule has 0 aliphatic rings. The monoisotopic (exact) mass is 403 g/mol. The second-order valence-electron chi connectivity index (χ2n) is 5.28. The summed E-state index contributed by atoms with van der Waals surface area (Å²) in [5.74, 6) is 0. The van der Waals surface area contributed by atoms with E-state index < -0.39 is 20.0 Å². The highest BCUT2D eigenvalue weighted by Gasteiger charge is 2.20. The van der Waals surface area contributed by atoms with E-state index >= 15 is 0 Å². The molecular formula is C15H18ClN3O4S2. The van der Waals surface area contributed by atoms with E-state index in [0.29, 0.717) is 16.4 Å². The second-order valence-corrected chi connectivity index (χ2v) is 9.52. The number of halogens is 1. The maximum atomic E-state index is 12.5. The molecule has 2 N–H and O–H groups in total. The summed E-state index contributed by atoms with van der Waals surface area (Å²) in [5, 5.41) is 3.21. The standard InChI is InChI=1S/C15H18ClN3O4S2/c1-17-15-13(16)5-4-6-14(15)18-24(20,21)11-7-9-12(10-8-11)25(22,23)19(2)3/h4-10,17-18H,1-3H3. The minimum Gasteiger partial charge on any atom is -0.385 e. The molecule has 136 valence electrons. The summed E-state index contributed by atoms with van der Waals surface area (Å²) >= 11 is 6.04. The first-order chi connectivity index (χ1) is 11.6. The van der Waals surface area contributed by atoms with E-state index in [4.69, 9.17) is 11.6 Å². The molecule has 0 heterocycles. The molecule has 0 amide bonds. The molecule has 0 bridgehead atoms. The Morgan fingerprint density at radius 3 is 2.00 bits per heavy atom. The van der Waals surface area contributed by atoms with E-state index in [0.717, 1.165) is 4.31 Å². The highest BCUT2D eigenvalue weighted by molar-refractivity contribution is 7.92. The fourth-order valence-electron chi connectivity index (χ4n) is 2.07. The molecule has 0 fully saturated rings. The van der Waals surface area contributed by atoms with Gasteiger partial charge in [0, 0.05) is 21.1 Å². The van der Waals surface area contributed by atoms with Gasteiger partial charge in [0.2, 0.25) is 10.0 Å². The second kappa shape index (κ2) is 7.20. The lowest BCUT2D eigenvalue weighted by atomic mass is 10.3. The predicted octanol–water partition coefficient (Wildman–Crippen LogP) is 2.43. The predicted molar refractivity (Wildman–Crippen MR) is 99.1 cm³/mol. The Balaban J connectivity index is 2.37. The molecule has 0 radical (unpaired) electrons. The Morgan fingerprint density at radius 1 is 0.920 bits per heavy atom. The normalized spacial score (nSPS) is 12.2. The smallest absolute Gasteiger partial charge is 0.261 e. The third-order valence-corrected chi connectivity index (χ3v) is 6.95. The van der Waals surface area contributed by atoms with Gasteiger partial charge in [-0.2, -0.15) is 0 Å². The molecule has 0 aliphatic heterocycles. The zero-order valence-electron chi connectivity index (χ0n) is 13.8. The first-order valence-electron chi connectivity index (χ1n) is 7.11. The molecule has 0 atom stereocenters. The van der Waals surface area contributed by atoms with Crippen molar-refractivity contribution < 1.29 is 16.8 Å². The van der Waals surface area contributed by atoms with Crippen LogP contribution >= 0.6 is 11.6 Å².